The number of carbonyl (C=O) groups is 2. The van der Waals surface area contributed by atoms with E-state index in [4.69, 9.17) is 9.47 Å². The third kappa shape index (κ3) is 5.43. The molecule has 0 bridgehead atoms. The van der Waals surface area contributed by atoms with Crippen LogP contribution >= 0.6 is 15.9 Å². The second-order valence-electron chi connectivity index (χ2n) is 8.12. The van der Waals surface area contributed by atoms with Gasteiger partial charge in [0.05, 0.1) is 25.2 Å². The monoisotopic (exact) mass is 544 g/mol. The minimum absolute atomic E-state index is 0.0341. The smallest absolute Gasteiger partial charge is 0.239 e. The van der Waals surface area contributed by atoms with Crippen molar-refractivity contribution in [1.29, 1.82) is 0 Å². The Hall–Kier alpha value is -3.53. The van der Waals surface area contributed by atoms with Crippen LogP contribution in [0.3, 0.4) is 0 Å². The Morgan fingerprint density at radius 3 is 2.31 bits per heavy atom. The van der Waals surface area contributed by atoms with E-state index in [1.54, 1.807) is 19.4 Å². The van der Waals surface area contributed by atoms with Gasteiger partial charge >= 0.3 is 0 Å². The molecular formula is C25H26BrFN4O4. The van der Waals surface area contributed by atoms with Crippen LogP contribution in [0.25, 0.3) is 21.8 Å². The van der Waals surface area contributed by atoms with E-state index in [1.807, 2.05) is 18.3 Å². The van der Waals surface area contributed by atoms with Gasteiger partial charge in [-0.1, -0.05) is 0 Å². The molecule has 0 unspecified atom stereocenters. The van der Waals surface area contributed by atoms with Crippen LogP contribution in [0.5, 0.6) is 11.5 Å². The zero-order chi connectivity index (χ0) is 24.9. The number of hydrogen-bond donors (Lipinski definition) is 3. The van der Waals surface area contributed by atoms with Gasteiger partial charge in [-0.25, -0.2) is 4.39 Å². The molecule has 184 valence electrons. The molecule has 0 aliphatic heterocycles. The van der Waals surface area contributed by atoms with Crippen LogP contribution in [0.15, 0.2) is 41.1 Å². The van der Waals surface area contributed by atoms with Crippen LogP contribution in [0.2, 0.25) is 0 Å². The summed E-state index contributed by atoms with van der Waals surface area (Å²) in [5, 5.41) is 4.70. The van der Waals surface area contributed by atoms with Gasteiger partial charge in [0.1, 0.15) is 5.75 Å². The van der Waals surface area contributed by atoms with Gasteiger partial charge in [-0.15, -0.1) is 0 Å². The lowest BCUT2D eigenvalue weighted by Gasteiger charge is -2.17. The van der Waals surface area contributed by atoms with Gasteiger partial charge in [0, 0.05) is 53.4 Å². The highest BCUT2D eigenvalue weighted by Crippen LogP contribution is 2.32. The first kappa shape index (κ1) is 24.6. The molecule has 0 aliphatic carbocycles. The van der Waals surface area contributed by atoms with E-state index in [0.717, 1.165) is 37.6 Å². The van der Waals surface area contributed by atoms with Gasteiger partial charge in [-0.3, -0.25) is 9.59 Å². The summed E-state index contributed by atoms with van der Waals surface area (Å²) in [5.74, 6) is 0.217. The molecule has 0 fully saturated rings. The zero-order valence-corrected chi connectivity index (χ0v) is 21.0. The Bertz CT molecular complexity index is 1370. The lowest BCUT2D eigenvalue weighted by molar-refractivity contribution is -0.128. The van der Waals surface area contributed by atoms with E-state index in [0.29, 0.717) is 37.9 Å². The standard InChI is InChI=1S/C25H26BrFN4O4/c1-34-23-7-17-16(12-29-21(17)9-19(23)26)4-6-31(14-32)13-25(33)28-5-3-15-11-30-22-10-20(27)24(35-2)8-18(15)22/h7-12,14,29-30H,3-6,13H2,1-2H3,(H,28,33). The number of fused-ring (bicyclic) bond motifs is 2. The molecule has 8 nitrogen and oxygen atoms in total. The molecule has 4 aromatic rings. The number of nitrogens with zero attached hydrogens (tertiary/aromatic N) is 1. The summed E-state index contributed by atoms with van der Waals surface area (Å²) in [6.45, 7) is 0.749. The molecule has 0 atom stereocenters. The highest BCUT2D eigenvalue weighted by Gasteiger charge is 2.14. The minimum atomic E-state index is -0.435. The van der Waals surface area contributed by atoms with E-state index in [9.17, 15) is 14.0 Å². The van der Waals surface area contributed by atoms with Crippen molar-refractivity contribution >= 4 is 50.1 Å². The number of nitrogens with one attached hydrogen (secondary N) is 3. The summed E-state index contributed by atoms with van der Waals surface area (Å²) in [6, 6.07) is 6.92. The Morgan fingerprint density at radius 1 is 1.03 bits per heavy atom. The fourth-order valence-corrected chi connectivity index (χ4v) is 4.60. The van der Waals surface area contributed by atoms with Gasteiger partial charge < -0.3 is 29.7 Å². The van der Waals surface area contributed by atoms with Crippen LogP contribution < -0.4 is 14.8 Å². The average Bonchev–Trinajstić information content (AvgIpc) is 3.43. The summed E-state index contributed by atoms with van der Waals surface area (Å²) in [6.07, 6.45) is 5.52. The fourth-order valence-electron chi connectivity index (χ4n) is 4.10. The van der Waals surface area contributed by atoms with Gasteiger partial charge in [-0.05, 0) is 58.1 Å². The highest BCUT2D eigenvalue weighted by atomic mass is 79.9. The molecule has 2 heterocycles. The molecule has 2 amide bonds. The molecular weight excluding hydrogens is 519 g/mol. The SMILES string of the molecule is COc1cc2c(CCNC(=O)CN(C=O)CCc3c[nH]c4cc(Br)c(OC)cc34)c[nH]c2cc1F. The van der Waals surface area contributed by atoms with Crippen molar-refractivity contribution in [2.75, 3.05) is 33.9 Å². The van der Waals surface area contributed by atoms with Crippen molar-refractivity contribution in [3.8, 4) is 11.5 Å². The molecule has 0 aliphatic rings. The number of methoxy groups -OCH3 is 2. The summed E-state index contributed by atoms with van der Waals surface area (Å²) < 4.78 is 25.2. The largest absolute Gasteiger partial charge is 0.496 e. The Labute approximate surface area is 209 Å². The van der Waals surface area contributed by atoms with Crippen molar-refractivity contribution < 1.29 is 23.5 Å². The predicted octanol–water partition coefficient (Wildman–Crippen LogP) is 3.93. The van der Waals surface area contributed by atoms with Crippen LogP contribution in [-0.2, 0) is 22.4 Å². The number of aromatic nitrogens is 2. The van der Waals surface area contributed by atoms with Crippen molar-refractivity contribution in [2.45, 2.75) is 12.8 Å². The minimum Gasteiger partial charge on any atom is -0.496 e. The molecule has 0 saturated heterocycles. The number of hydrogen-bond acceptors (Lipinski definition) is 4. The average molecular weight is 545 g/mol. The quantitative estimate of drug-likeness (QED) is 0.249. The number of ether oxygens (including phenoxy) is 2. The second-order valence-corrected chi connectivity index (χ2v) is 8.97. The van der Waals surface area contributed by atoms with Crippen LogP contribution in [0.1, 0.15) is 11.1 Å². The van der Waals surface area contributed by atoms with Crippen molar-refractivity contribution in [2.24, 2.45) is 0 Å². The summed E-state index contributed by atoms with van der Waals surface area (Å²) in [7, 11) is 3.03. The lowest BCUT2D eigenvalue weighted by atomic mass is 10.1. The number of halogens is 2. The first-order valence-electron chi connectivity index (χ1n) is 11.1. The molecule has 0 saturated carbocycles. The first-order valence-corrected chi connectivity index (χ1v) is 11.9. The van der Waals surface area contributed by atoms with Crippen molar-refractivity contribution in [1.82, 2.24) is 20.2 Å². The molecule has 35 heavy (non-hydrogen) atoms. The normalized spacial score (nSPS) is 11.1. The Morgan fingerprint density at radius 2 is 1.66 bits per heavy atom. The fraction of sp³-hybridized carbons (Fsp3) is 0.280. The topological polar surface area (TPSA) is 99.5 Å². The number of amides is 2. The Kier molecular flexibility index (Phi) is 7.60. The number of H-pyrrole nitrogens is 2. The number of benzene rings is 2. The lowest BCUT2D eigenvalue weighted by Crippen LogP contribution is -2.38. The molecule has 10 heteroatoms. The molecule has 3 N–H and O–H groups in total. The van der Waals surface area contributed by atoms with Gasteiger partial charge in [-0.2, -0.15) is 0 Å². The number of aromatic amines is 2. The van der Waals surface area contributed by atoms with Gasteiger partial charge in [0.25, 0.3) is 0 Å². The highest BCUT2D eigenvalue weighted by molar-refractivity contribution is 9.10. The van der Waals surface area contributed by atoms with Crippen LogP contribution in [0.4, 0.5) is 4.39 Å². The molecule has 2 aromatic heterocycles. The molecule has 2 aromatic carbocycles. The maximum absolute atomic E-state index is 13.9. The molecule has 0 spiro atoms. The van der Waals surface area contributed by atoms with Crippen molar-refractivity contribution in [3.63, 3.8) is 0 Å². The van der Waals surface area contributed by atoms with Crippen molar-refractivity contribution in [3.05, 3.63) is 58.1 Å². The van der Waals surface area contributed by atoms with Crippen LogP contribution in [-0.4, -0.2) is 61.0 Å². The number of rotatable bonds is 11. The summed E-state index contributed by atoms with van der Waals surface area (Å²) in [5.41, 5.74) is 3.59. The predicted molar refractivity (Wildman–Crippen MR) is 135 cm³/mol. The Balaban J connectivity index is 1.30. The van der Waals surface area contributed by atoms with Crippen LogP contribution in [0, 0.1) is 5.82 Å². The summed E-state index contributed by atoms with van der Waals surface area (Å²) >= 11 is 3.48. The van der Waals surface area contributed by atoms with E-state index in [2.05, 4.69) is 31.2 Å². The third-order valence-corrected chi connectivity index (χ3v) is 6.58. The van der Waals surface area contributed by atoms with Gasteiger partial charge in [0.2, 0.25) is 12.3 Å². The van der Waals surface area contributed by atoms with Gasteiger partial charge in [0.15, 0.2) is 11.6 Å². The van der Waals surface area contributed by atoms with E-state index in [-0.39, 0.29) is 18.2 Å². The second kappa shape index (κ2) is 10.8. The van der Waals surface area contributed by atoms with E-state index < -0.39 is 5.82 Å². The van der Waals surface area contributed by atoms with E-state index >= 15 is 0 Å². The maximum Gasteiger partial charge on any atom is 0.239 e. The maximum atomic E-state index is 13.9. The molecule has 0 radical (unpaired) electrons. The first-order chi connectivity index (χ1) is 16.9. The zero-order valence-electron chi connectivity index (χ0n) is 19.4. The number of carbonyl (C=O) groups excluding carboxylic acids is 2. The third-order valence-electron chi connectivity index (χ3n) is 5.96. The molecule has 4 rings (SSSR count). The van der Waals surface area contributed by atoms with E-state index in [1.165, 1.54) is 18.1 Å². The summed E-state index contributed by atoms with van der Waals surface area (Å²) in [4.78, 5) is 31.7.